The SMILES string of the molecule is COC(CNC(=O)NC(C)(C)C(N)=O)C(=O)O. The minimum atomic E-state index is -1.21. The first-order valence-corrected chi connectivity index (χ1v) is 4.82. The minimum Gasteiger partial charge on any atom is -0.479 e. The second-order valence-electron chi connectivity index (χ2n) is 3.89. The number of carboxylic acids is 1. The number of nitrogens with two attached hydrogens (primary N) is 1. The third-order valence-corrected chi connectivity index (χ3v) is 2.05. The number of hydrogen-bond acceptors (Lipinski definition) is 4. The number of urea groups is 1. The lowest BCUT2D eigenvalue weighted by atomic mass is 10.1. The lowest BCUT2D eigenvalue weighted by molar-refractivity contribution is -0.148. The Labute approximate surface area is 98.5 Å². The molecule has 0 aromatic heterocycles. The molecule has 0 spiro atoms. The molecule has 3 amide bonds. The Morgan fingerprint density at radius 3 is 2.29 bits per heavy atom. The molecule has 0 aromatic carbocycles. The van der Waals surface area contributed by atoms with Crippen molar-refractivity contribution in [3.05, 3.63) is 0 Å². The monoisotopic (exact) mass is 247 g/mol. The first kappa shape index (κ1) is 15.2. The summed E-state index contributed by atoms with van der Waals surface area (Å²) < 4.78 is 4.61. The highest BCUT2D eigenvalue weighted by Crippen LogP contribution is 1.99. The lowest BCUT2D eigenvalue weighted by Gasteiger charge is -2.22. The highest BCUT2D eigenvalue weighted by Gasteiger charge is 2.27. The zero-order chi connectivity index (χ0) is 13.6. The van der Waals surface area contributed by atoms with Crippen LogP contribution in [0.15, 0.2) is 0 Å². The molecule has 0 saturated heterocycles. The van der Waals surface area contributed by atoms with Gasteiger partial charge in [0.15, 0.2) is 6.10 Å². The number of rotatable bonds is 6. The molecular formula is C9H17N3O5. The maximum Gasteiger partial charge on any atom is 0.334 e. The van der Waals surface area contributed by atoms with E-state index in [4.69, 9.17) is 10.8 Å². The van der Waals surface area contributed by atoms with E-state index in [-0.39, 0.29) is 6.54 Å². The van der Waals surface area contributed by atoms with Gasteiger partial charge in [0.2, 0.25) is 5.91 Å². The van der Waals surface area contributed by atoms with Crippen LogP contribution in [0, 0.1) is 0 Å². The molecule has 0 fully saturated rings. The Hall–Kier alpha value is -1.83. The predicted molar refractivity (Wildman–Crippen MR) is 58.2 cm³/mol. The van der Waals surface area contributed by atoms with Gasteiger partial charge in [-0.3, -0.25) is 4.79 Å². The lowest BCUT2D eigenvalue weighted by Crippen LogP contribution is -2.56. The van der Waals surface area contributed by atoms with Crippen LogP contribution in [0.1, 0.15) is 13.8 Å². The smallest absolute Gasteiger partial charge is 0.334 e. The quantitative estimate of drug-likeness (QED) is 0.461. The molecule has 0 radical (unpaired) electrons. The van der Waals surface area contributed by atoms with Crippen LogP contribution in [0.2, 0.25) is 0 Å². The number of carbonyl (C=O) groups is 3. The van der Waals surface area contributed by atoms with E-state index in [2.05, 4.69) is 15.4 Å². The third-order valence-electron chi connectivity index (χ3n) is 2.05. The van der Waals surface area contributed by atoms with Crippen molar-refractivity contribution in [3.63, 3.8) is 0 Å². The fraction of sp³-hybridized carbons (Fsp3) is 0.667. The van der Waals surface area contributed by atoms with Crippen molar-refractivity contribution in [1.82, 2.24) is 10.6 Å². The number of methoxy groups -OCH3 is 1. The van der Waals surface area contributed by atoms with Crippen molar-refractivity contribution < 1.29 is 24.2 Å². The standard InChI is InChI=1S/C9H17N3O5/c1-9(2,7(10)15)12-8(16)11-4-5(17-3)6(13)14/h5H,4H2,1-3H3,(H2,10,15)(H,13,14)(H2,11,12,16). The van der Waals surface area contributed by atoms with Gasteiger partial charge in [0.1, 0.15) is 5.54 Å². The molecule has 0 aliphatic carbocycles. The number of carboxylic acid groups (broad SMARTS) is 1. The van der Waals surface area contributed by atoms with Gasteiger partial charge in [0.05, 0.1) is 6.54 Å². The maximum absolute atomic E-state index is 11.3. The number of nitrogens with one attached hydrogen (secondary N) is 2. The Kier molecular flexibility index (Phi) is 5.39. The summed E-state index contributed by atoms with van der Waals surface area (Å²) in [5.74, 6) is -1.89. The van der Waals surface area contributed by atoms with Crippen molar-refractivity contribution >= 4 is 17.9 Å². The molecule has 98 valence electrons. The largest absolute Gasteiger partial charge is 0.479 e. The zero-order valence-corrected chi connectivity index (χ0v) is 9.94. The molecule has 0 heterocycles. The molecule has 0 rings (SSSR count). The summed E-state index contributed by atoms with van der Waals surface area (Å²) in [6.45, 7) is 2.65. The topological polar surface area (TPSA) is 131 Å². The summed E-state index contributed by atoms with van der Waals surface area (Å²) in [5, 5.41) is 13.2. The van der Waals surface area contributed by atoms with Crippen LogP contribution < -0.4 is 16.4 Å². The molecule has 5 N–H and O–H groups in total. The molecule has 8 nitrogen and oxygen atoms in total. The zero-order valence-electron chi connectivity index (χ0n) is 9.94. The molecule has 1 atom stereocenters. The summed E-state index contributed by atoms with van der Waals surface area (Å²) in [6.07, 6.45) is -1.14. The average Bonchev–Trinajstić information content (AvgIpc) is 2.16. The molecule has 0 aliphatic rings. The Balaban J connectivity index is 4.20. The number of primary amides is 1. The van der Waals surface area contributed by atoms with Crippen LogP contribution in [-0.4, -0.2) is 48.3 Å². The second kappa shape index (κ2) is 6.04. The number of carbonyl (C=O) groups excluding carboxylic acids is 2. The van der Waals surface area contributed by atoms with Crippen LogP contribution in [0.3, 0.4) is 0 Å². The molecular weight excluding hydrogens is 230 g/mol. The van der Waals surface area contributed by atoms with E-state index in [1.807, 2.05) is 0 Å². The number of amides is 3. The van der Waals surface area contributed by atoms with Crippen molar-refractivity contribution in [1.29, 1.82) is 0 Å². The molecule has 0 saturated carbocycles. The van der Waals surface area contributed by atoms with Gasteiger partial charge in [0, 0.05) is 7.11 Å². The molecule has 0 aromatic rings. The van der Waals surface area contributed by atoms with Crippen LogP contribution in [0.4, 0.5) is 4.79 Å². The Morgan fingerprint density at radius 2 is 1.94 bits per heavy atom. The first-order valence-electron chi connectivity index (χ1n) is 4.82. The number of hydrogen-bond donors (Lipinski definition) is 4. The Bertz CT molecular complexity index is 316. The van der Waals surface area contributed by atoms with Crippen LogP contribution in [0.5, 0.6) is 0 Å². The molecule has 1 unspecified atom stereocenters. The van der Waals surface area contributed by atoms with Crippen molar-refractivity contribution in [2.24, 2.45) is 5.73 Å². The van der Waals surface area contributed by atoms with E-state index < -0.39 is 29.6 Å². The van der Waals surface area contributed by atoms with Gasteiger partial charge >= 0.3 is 12.0 Å². The van der Waals surface area contributed by atoms with Crippen molar-refractivity contribution in [3.8, 4) is 0 Å². The summed E-state index contributed by atoms with van der Waals surface area (Å²) in [6, 6.07) is -0.697. The van der Waals surface area contributed by atoms with Gasteiger partial charge in [-0.15, -0.1) is 0 Å². The van der Waals surface area contributed by atoms with E-state index >= 15 is 0 Å². The summed E-state index contributed by atoms with van der Waals surface area (Å²) in [4.78, 5) is 32.8. The third kappa shape index (κ3) is 5.16. The number of aliphatic carboxylic acids is 1. The normalized spacial score (nSPS) is 12.6. The first-order chi connectivity index (χ1) is 7.70. The van der Waals surface area contributed by atoms with Gasteiger partial charge in [-0.05, 0) is 13.8 Å². The van der Waals surface area contributed by atoms with Gasteiger partial charge in [-0.25, -0.2) is 9.59 Å². The second-order valence-corrected chi connectivity index (χ2v) is 3.89. The summed E-state index contributed by atoms with van der Waals surface area (Å²) in [5.41, 5.74) is 3.84. The highest BCUT2D eigenvalue weighted by molar-refractivity contribution is 5.89. The molecule has 0 aliphatic heterocycles. The van der Waals surface area contributed by atoms with Crippen LogP contribution >= 0.6 is 0 Å². The predicted octanol–water partition coefficient (Wildman–Crippen LogP) is -1.35. The maximum atomic E-state index is 11.3. The van der Waals surface area contributed by atoms with E-state index in [9.17, 15) is 14.4 Å². The van der Waals surface area contributed by atoms with E-state index in [0.717, 1.165) is 0 Å². The van der Waals surface area contributed by atoms with Crippen LogP contribution in [-0.2, 0) is 14.3 Å². The van der Waals surface area contributed by atoms with E-state index in [1.165, 1.54) is 21.0 Å². The van der Waals surface area contributed by atoms with Crippen molar-refractivity contribution in [2.75, 3.05) is 13.7 Å². The average molecular weight is 247 g/mol. The van der Waals surface area contributed by atoms with Gasteiger partial charge in [-0.1, -0.05) is 0 Å². The fourth-order valence-corrected chi connectivity index (χ4v) is 0.846. The Morgan fingerprint density at radius 1 is 1.41 bits per heavy atom. The molecule has 17 heavy (non-hydrogen) atoms. The van der Waals surface area contributed by atoms with Gasteiger partial charge < -0.3 is 26.2 Å². The number of ether oxygens (including phenoxy) is 1. The minimum absolute atomic E-state index is 0.216. The van der Waals surface area contributed by atoms with Gasteiger partial charge in [-0.2, -0.15) is 0 Å². The molecule has 0 bridgehead atoms. The fourth-order valence-electron chi connectivity index (χ4n) is 0.846. The van der Waals surface area contributed by atoms with Gasteiger partial charge in [0.25, 0.3) is 0 Å². The molecule has 8 heteroatoms. The van der Waals surface area contributed by atoms with E-state index in [1.54, 1.807) is 0 Å². The van der Waals surface area contributed by atoms with E-state index in [0.29, 0.717) is 0 Å². The van der Waals surface area contributed by atoms with Crippen molar-refractivity contribution in [2.45, 2.75) is 25.5 Å². The summed E-state index contributed by atoms with van der Waals surface area (Å²) >= 11 is 0. The van der Waals surface area contributed by atoms with Crippen LogP contribution in [0.25, 0.3) is 0 Å². The summed E-state index contributed by atoms with van der Waals surface area (Å²) in [7, 11) is 1.21. The highest BCUT2D eigenvalue weighted by atomic mass is 16.5.